The highest BCUT2D eigenvalue weighted by molar-refractivity contribution is 5.75. The van der Waals surface area contributed by atoms with Gasteiger partial charge >= 0.3 is 12.0 Å². The average Bonchev–Trinajstić information content (AvgIpc) is 3.08. The van der Waals surface area contributed by atoms with Crippen molar-refractivity contribution in [3.8, 4) is 0 Å². The lowest BCUT2D eigenvalue weighted by Crippen LogP contribution is -2.47. The Bertz CT molecular complexity index is 301. The highest BCUT2D eigenvalue weighted by Crippen LogP contribution is 2.27. The van der Waals surface area contributed by atoms with Crippen LogP contribution in [0.3, 0.4) is 0 Å². The van der Waals surface area contributed by atoms with Crippen molar-refractivity contribution in [1.29, 1.82) is 0 Å². The Hall–Kier alpha value is -1.26. The molecule has 0 aromatic carbocycles. The summed E-state index contributed by atoms with van der Waals surface area (Å²) in [6, 6.07) is 0.572. The fraction of sp³-hybridized carbons (Fsp3) is 0.846. The summed E-state index contributed by atoms with van der Waals surface area (Å²) in [5.41, 5.74) is 0. The average molecular weight is 256 g/mol. The molecule has 0 saturated heterocycles. The summed E-state index contributed by atoms with van der Waals surface area (Å²) in [5, 5.41) is 8.64. The normalized spacial score (nSPS) is 14.7. The molecular weight excluding hydrogens is 232 g/mol. The molecule has 0 aromatic rings. The Balaban J connectivity index is 2.53. The summed E-state index contributed by atoms with van der Waals surface area (Å²) in [5.74, 6) is -0.805. The van der Waals surface area contributed by atoms with Crippen LogP contribution in [0.25, 0.3) is 0 Å². The third kappa shape index (κ3) is 4.20. The molecule has 5 heteroatoms. The first-order valence-electron chi connectivity index (χ1n) is 6.76. The molecule has 1 N–H and O–H groups in total. The summed E-state index contributed by atoms with van der Waals surface area (Å²) in [7, 11) is 0. The minimum absolute atomic E-state index is 0.0559. The van der Waals surface area contributed by atoms with E-state index in [-0.39, 0.29) is 18.5 Å². The van der Waals surface area contributed by atoms with E-state index in [2.05, 4.69) is 0 Å². The minimum atomic E-state index is -0.805. The first-order valence-corrected chi connectivity index (χ1v) is 6.76. The number of urea groups is 1. The van der Waals surface area contributed by atoms with E-state index in [0.717, 1.165) is 19.4 Å². The lowest BCUT2D eigenvalue weighted by atomic mass is 10.2. The standard InChI is InChI=1S/C13H24N2O3/c1-4-14(11-7-8-11)13(18)15(10(2)3)9-5-6-12(16)17/h10-11H,4-9H2,1-3H3,(H,16,17). The first kappa shape index (κ1) is 14.8. The van der Waals surface area contributed by atoms with Crippen molar-refractivity contribution in [2.24, 2.45) is 0 Å². The van der Waals surface area contributed by atoms with Gasteiger partial charge in [-0.25, -0.2) is 4.79 Å². The van der Waals surface area contributed by atoms with Gasteiger partial charge in [-0.05, 0) is 40.0 Å². The smallest absolute Gasteiger partial charge is 0.320 e. The summed E-state index contributed by atoms with van der Waals surface area (Å²) < 4.78 is 0. The molecule has 0 aliphatic heterocycles. The van der Waals surface area contributed by atoms with Gasteiger partial charge in [0.15, 0.2) is 0 Å². The second-order valence-corrected chi connectivity index (χ2v) is 5.08. The molecular formula is C13H24N2O3. The SMILES string of the molecule is CCN(C(=O)N(CCCC(=O)O)C(C)C)C1CC1. The maximum Gasteiger partial charge on any atom is 0.320 e. The van der Waals surface area contributed by atoms with Crippen molar-refractivity contribution < 1.29 is 14.7 Å². The van der Waals surface area contributed by atoms with Crippen LogP contribution in [0.5, 0.6) is 0 Å². The van der Waals surface area contributed by atoms with Crippen LogP contribution in [0.1, 0.15) is 46.5 Å². The number of rotatable bonds is 7. The lowest BCUT2D eigenvalue weighted by Gasteiger charge is -2.33. The minimum Gasteiger partial charge on any atom is -0.481 e. The number of hydrogen-bond acceptors (Lipinski definition) is 2. The largest absolute Gasteiger partial charge is 0.481 e. The van der Waals surface area contributed by atoms with Crippen molar-refractivity contribution in [3.63, 3.8) is 0 Å². The van der Waals surface area contributed by atoms with Crippen LogP contribution in [-0.2, 0) is 4.79 Å². The van der Waals surface area contributed by atoms with Gasteiger partial charge < -0.3 is 14.9 Å². The van der Waals surface area contributed by atoms with E-state index < -0.39 is 5.97 Å². The summed E-state index contributed by atoms with van der Waals surface area (Å²) in [6.07, 6.45) is 2.83. The van der Waals surface area contributed by atoms with Crippen molar-refractivity contribution in [2.45, 2.75) is 58.5 Å². The Kier molecular flexibility index (Phi) is 5.44. The molecule has 1 aliphatic rings. The van der Waals surface area contributed by atoms with E-state index in [0.29, 0.717) is 19.0 Å². The highest BCUT2D eigenvalue weighted by atomic mass is 16.4. The predicted molar refractivity (Wildman–Crippen MR) is 69.5 cm³/mol. The number of nitrogens with zero attached hydrogens (tertiary/aromatic N) is 2. The van der Waals surface area contributed by atoms with Gasteiger partial charge in [0, 0.05) is 31.6 Å². The van der Waals surface area contributed by atoms with E-state index in [1.54, 1.807) is 4.90 Å². The summed E-state index contributed by atoms with van der Waals surface area (Å²) in [4.78, 5) is 26.6. The number of aliphatic carboxylic acids is 1. The van der Waals surface area contributed by atoms with Crippen LogP contribution in [0.2, 0.25) is 0 Å². The fourth-order valence-corrected chi connectivity index (χ4v) is 2.08. The topological polar surface area (TPSA) is 60.9 Å². The van der Waals surface area contributed by atoms with Crippen LogP contribution in [0.15, 0.2) is 0 Å². The van der Waals surface area contributed by atoms with Gasteiger partial charge in [-0.15, -0.1) is 0 Å². The zero-order valence-electron chi connectivity index (χ0n) is 11.6. The number of carbonyl (C=O) groups is 2. The molecule has 0 atom stereocenters. The second kappa shape index (κ2) is 6.61. The zero-order valence-corrected chi connectivity index (χ0v) is 11.6. The maximum absolute atomic E-state index is 12.4. The molecule has 0 aromatic heterocycles. The van der Waals surface area contributed by atoms with Gasteiger partial charge in [0.25, 0.3) is 0 Å². The fourth-order valence-electron chi connectivity index (χ4n) is 2.08. The van der Waals surface area contributed by atoms with Gasteiger partial charge in [0.2, 0.25) is 0 Å². The number of carbonyl (C=O) groups excluding carboxylic acids is 1. The monoisotopic (exact) mass is 256 g/mol. The van der Waals surface area contributed by atoms with Crippen LogP contribution in [0, 0.1) is 0 Å². The van der Waals surface area contributed by atoms with Gasteiger partial charge in [0.05, 0.1) is 0 Å². The van der Waals surface area contributed by atoms with E-state index >= 15 is 0 Å². The van der Waals surface area contributed by atoms with Gasteiger partial charge in [-0.1, -0.05) is 0 Å². The Morgan fingerprint density at radius 2 is 1.94 bits per heavy atom. The predicted octanol–water partition coefficient (Wildman–Crippen LogP) is 2.17. The third-order valence-corrected chi connectivity index (χ3v) is 3.23. The molecule has 0 unspecified atom stereocenters. The van der Waals surface area contributed by atoms with Gasteiger partial charge in [-0.3, -0.25) is 4.79 Å². The summed E-state index contributed by atoms with van der Waals surface area (Å²) in [6.45, 7) is 7.18. The van der Waals surface area contributed by atoms with Crippen LogP contribution >= 0.6 is 0 Å². The van der Waals surface area contributed by atoms with E-state index in [4.69, 9.17) is 5.11 Å². The molecule has 18 heavy (non-hydrogen) atoms. The van der Waals surface area contributed by atoms with Crippen LogP contribution < -0.4 is 0 Å². The number of carboxylic acids is 1. The van der Waals surface area contributed by atoms with Crippen LogP contribution in [-0.4, -0.2) is 52.1 Å². The zero-order chi connectivity index (χ0) is 13.7. The number of carboxylic acid groups (broad SMARTS) is 1. The molecule has 104 valence electrons. The molecule has 1 aliphatic carbocycles. The Morgan fingerprint density at radius 1 is 1.33 bits per heavy atom. The molecule has 1 rings (SSSR count). The Morgan fingerprint density at radius 3 is 2.33 bits per heavy atom. The first-order chi connectivity index (χ1) is 8.47. The maximum atomic E-state index is 12.4. The quantitative estimate of drug-likeness (QED) is 0.759. The number of hydrogen-bond donors (Lipinski definition) is 1. The van der Waals surface area contributed by atoms with Crippen LogP contribution in [0.4, 0.5) is 4.79 Å². The van der Waals surface area contributed by atoms with E-state index in [9.17, 15) is 9.59 Å². The van der Waals surface area contributed by atoms with E-state index in [1.165, 1.54) is 0 Å². The highest BCUT2D eigenvalue weighted by Gasteiger charge is 2.34. The Labute approximate surface area is 109 Å². The van der Waals surface area contributed by atoms with Crippen molar-refractivity contribution >= 4 is 12.0 Å². The van der Waals surface area contributed by atoms with Crippen molar-refractivity contribution in [3.05, 3.63) is 0 Å². The molecule has 2 amide bonds. The molecule has 0 spiro atoms. The molecule has 5 nitrogen and oxygen atoms in total. The molecule has 0 bridgehead atoms. The number of amides is 2. The van der Waals surface area contributed by atoms with Crippen molar-refractivity contribution in [2.75, 3.05) is 13.1 Å². The van der Waals surface area contributed by atoms with Crippen molar-refractivity contribution in [1.82, 2.24) is 9.80 Å². The van der Waals surface area contributed by atoms with E-state index in [1.807, 2.05) is 25.7 Å². The lowest BCUT2D eigenvalue weighted by molar-refractivity contribution is -0.137. The molecule has 1 fully saturated rings. The second-order valence-electron chi connectivity index (χ2n) is 5.08. The molecule has 1 saturated carbocycles. The van der Waals surface area contributed by atoms with Gasteiger partial charge in [0.1, 0.15) is 0 Å². The summed E-state index contributed by atoms with van der Waals surface area (Å²) >= 11 is 0. The molecule has 0 radical (unpaired) electrons. The molecule has 0 heterocycles. The van der Waals surface area contributed by atoms with Gasteiger partial charge in [-0.2, -0.15) is 0 Å². The third-order valence-electron chi connectivity index (χ3n) is 3.23.